The first-order chi connectivity index (χ1) is 9.29. The smallest absolute Gasteiger partial charge is 0.0802 e. The van der Waals surface area contributed by atoms with Gasteiger partial charge in [0.2, 0.25) is 0 Å². The van der Waals surface area contributed by atoms with Crippen molar-refractivity contribution in [2.24, 2.45) is 5.92 Å². The van der Waals surface area contributed by atoms with E-state index in [4.69, 9.17) is 5.11 Å². The first kappa shape index (κ1) is 14.5. The van der Waals surface area contributed by atoms with E-state index in [0.717, 1.165) is 38.0 Å². The van der Waals surface area contributed by atoms with Crippen molar-refractivity contribution in [1.29, 1.82) is 0 Å². The minimum atomic E-state index is -0.362. The summed E-state index contributed by atoms with van der Waals surface area (Å²) in [7, 11) is 0. The molecule has 0 aliphatic carbocycles. The molecule has 1 aromatic carbocycles. The lowest BCUT2D eigenvalue weighted by molar-refractivity contribution is 0.110. The molecule has 0 amide bonds. The number of benzene rings is 1. The highest BCUT2D eigenvalue weighted by atomic mass is 16.3. The van der Waals surface area contributed by atoms with E-state index < -0.39 is 0 Å². The van der Waals surface area contributed by atoms with Crippen molar-refractivity contribution < 1.29 is 10.2 Å². The minimum Gasteiger partial charge on any atom is -0.396 e. The van der Waals surface area contributed by atoms with Crippen molar-refractivity contribution in [1.82, 2.24) is 4.90 Å². The van der Waals surface area contributed by atoms with Crippen molar-refractivity contribution in [2.45, 2.75) is 31.8 Å². The fourth-order valence-electron chi connectivity index (χ4n) is 2.92. The van der Waals surface area contributed by atoms with Gasteiger partial charge in [-0.25, -0.2) is 0 Å². The Hall–Kier alpha value is -0.900. The molecule has 0 bridgehead atoms. The van der Waals surface area contributed by atoms with Crippen LogP contribution in [0.5, 0.6) is 0 Å². The van der Waals surface area contributed by atoms with Gasteiger partial charge in [0.15, 0.2) is 0 Å². The summed E-state index contributed by atoms with van der Waals surface area (Å²) in [4.78, 5) is 2.43. The van der Waals surface area contributed by atoms with Crippen LogP contribution in [0.25, 0.3) is 0 Å². The maximum atomic E-state index is 10.2. The van der Waals surface area contributed by atoms with Gasteiger partial charge in [0, 0.05) is 19.7 Å². The van der Waals surface area contributed by atoms with E-state index in [1.165, 1.54) is 12.8 Å². The number of hydrogen-bond acceptors (Lipinski definition) is 3. The highest BCUT2D eigenvalue weighted by Gasteiger charge is 2.20. The highest BCUT2D eigenvalue weighted by Crippen LogP contribution is 2.21. The largest absolute Gasteiger partial charge is 0.396 e. The van der Waals surface area contributed by atoms with E-state index in [1.807, 2.05) is 30.3 Å². The predicted molar refractivity (Wildman–Crippen MR) is 76.9 cm³/mol. The summed E-state index contributed by atoms with van der Waals surface area (Å²) in [5.74, 6) is 0.632. The molecule has 19 heavy (non-hydrogen) atoms. The van der Waals surface area contributed by atoms with Crippen molar-refractivity contribution in [2.75, 3.05) is 26.2 Å². The van der Waals surface area contributed by atoms with Crippen LogP contribution in [-0.2, 0) is 0 Å². The topological polar surface area (TPSA) is 43.7 Å². The van der Waals surface area contributed by atoms with Crippen molar-refractivity contribution in [3.63, 3.8) is 0 Å². The van der Waals surface area contributed by atoms with Crippen molar-refractivity contribution in [3.8, 4) is 0 Å². The van der Waals surface area contributed by atoms with E-state index in [1.54, 1.807) is 0 Å². The summed E-state index contributed by atoms with van der Waals surface area (Å²) in [5.41, 5.74) is 1.01. The normalized spacial score (nSPS) is 22.3. The van der Waals surface area contributed by atoms with Crippen LogP contribution in [0.1, 0.15) is 37.4 Å². The van der Waals surface area contributed by atoms with Crippen LogP contribution >= 0.6 is 0 Å². The van der Waals surface area contributed by atoms with Crippen LogP contribution in [0, 0.1) is 5.92 Å². The molecular weight excluding hydrogens is 238 g/mol. The quantitative estimate of drug-likeness (QED) is 0.827. The number of piperidine rings is 1. The van der Waals surface area contributed by atoms with Crippen molar-refractivity contribution in [3.05, 3.63) is 35.9 Å². The van der Waals surface area contributed by atoms with Gasteiger partial charge in [0.1, 0.15) is 0 Å². The zero-order valence-corrected chi connectivity index (χ0v) is 11.5. The van der Waals surface area contributed by atoms with Crippen molar-refractivity contribution >= 4 is 0 Å². The van der Waals surface area contributed by atoms with E-state index in [2.05, 4.69) is 4.90 Å². The predicted octanol–water partition coefficient (Wildman–Crippen LogP) is 2.20. The third-order valence-corrected chi connectivity index (χ3v) is 4.04. The molecular formula is C16H25NO2. The van der Waals surface area contributed by atoms with Gasteiger partial charge in [0.25, 0.3) is 0 Å². The van der Waals surface area contributed by atoms with Crippen LogP contribution in [0.15, 0.2) is 30.3 Å². The third-order valence-electron chi connectivity index (χ3n) is 4.04. The maximum Gasteiger partial charge on any atom is 0.0802 e. The van der Waals surface area contributed by atoms with Crippen LogP contribution < -0.4 is 0 Å². The van der Waals surface area contributed by atoms with Gasteiger partial charge in [-0.15, -0.1) is 0 Å². The number of hydrogen-bond donors (Lipinski definition) is 2. The molecule has 2 rings (SSSR count). The molecule has 0 spiro atoms. The van der Waals surface area contributed by atoms with Gasteiger partial charge in [-0.1, -0.05) is 30.3 Å². The monoisotopic (exact) mass is 263 g/mol. The Morgan fingerprint density at radius 1 is 1.26 bits per heavy atom. The lowest BCUT2D eigenvalue weighted by atomic mass is 9.95. The van der Waals surface area contributed by atoms with Gasteiger partial charge in [-0.05, 0) is 43.7 Å². The number of nitrogens with zero attached hydrogens (tertiary/aromatic N) is 1. The molecule has 0 saturated carbocycles. The molecule has 3 nitrogen and oxygen atoms in total. The van der Waals surface area contributed by atoms with Gasteiger partial charge in [0.05, 0.1) is 6.10 Å². The molecule has 1 saturated heterocycles. The molecule has 2 N–H and O–H groups in total. The highest BCUT2D eigenvalue weighted by molar-refractivity contribution is 5.17. The summed E-state index contributed by atoms with van der Waals surface area (Å²) < 4.78 is 0. The van der Waals surface area contributed by atoms with Gasteiger partial charge in [-0.3, -0.25) is 0 Å². The third kappa shape index (κ3) is 4.60. The summed E-state index contributed by atoms with van der Waals surface area (Å²) in [6, 6.07) is 9.87. The Balaban J connectivity index is 1.75. The lowest BCUT2D eigenvalue weighted by Crippen LogP contribution is -2.36. The fourth-order valence-corrected chi connectivity index (χ4v) is 2.92. The minimum absolute atomic E-state index is 0.297. The second-order valence-corrected chi connectivity index (χ2v) is 5.54. The summed E-state index contributed by atoms with van der Waals surface area (Å²) in [5, 5.41) is 19.2. The second-order valence-electron chi connectivity index (χ2n) is 5.54. The number of aliphatic hydroxyl groups is 2. The maximum absolute atomic E-state index is 10.2. The molecule has 1 fully saturated rings. The second kappa shape index (κ2) is 7.63. The lowest BCUT2D eigenvalue weighted by Gasteiger charge is -2.33. The molecule has 1 aliphatic rings. The van der Waals surface area contributed by atoms with Gasteiger partial charge < -0.3 is 15.1 Å². The van der Waals surface area contributed by atoms with Crippen LogP contribution in [-0.4, -0.2) is 41.4 Å². The van der Waals surface area contributed by atoms with Gasteiger partial charge in [-0.2, -0.15) is 0 Å². The van der Waals surface area contributed by atoms with E-state index in [0.29, 0.717) is 12.5 Å². The SMILES string of the molecule is OCCC1CCCN(CCC(O)c2ccccc2)C1. The molecule has 2 atom stereocenters. The van der Waals surface area contributed by atoms with Gasteiger partial charge >= 0.3 is 0 Å². The Bertz CT molecular complexity index is 353. The Labute approximate surface area is 115 Å². The van der Waals surface area contributed by atoms with E-state index in [-0.39, 0.29) is 6.10 Å². The average Bonchev–Trinajstić information content (AvgIpc) is 2.46. The van der Waals surface area contributed by atoms with E-state index in [9.17, 15) is 5.11 Å². The Kier molecular flexibility index (Phi) is 5.83. The standard InChI is InChI=1S/C16H25NO2/c18-12-9-14-5-4-10-17(13-14)11-8-16(19)15-6-2-1-3-7-15/h1-3,6-7,14,16,18-19H,4-5,8-13H2. The number of rotatable bonds is 6. The van der Waals surface area contributed by atoms with Crippen LogP contribution in [0.3, 0.4) is 0 Å². The summed E-state index contributed by atoms with van der Waals surface area (Å²) in [6.45, 7) is 3.44. The Morgan fingerprint density at radius 3 is 2.79 bits per heavy atom. The first-order valence-corrected chi connectivity index (χ1v) is 7.36. The molecule has 0 aromatic heterocycles. The molecule has 3 heteroatoms. The zero-order chi connectivity index (χ0) is 13.5. The average molecular weight is 263 g/mol. The fraction of sp³-hybridized carbons (Fsp3) is 0.625. The number of likely N-dealkylation sites (tertiary alicyclic amines) is 1. The van der Waals surface area contributed by atoms with E-state index >= 15 is 0 Å². The zero-order valence-electron chi connectivity index (χ0n) is 11.5. The first-order valence-electron chi connectivity index (χ1n) is 7.36. The molecule has 0 radical (unpaired) electrons. The molecule has 1 heterocycles. The molecule has 1 aliphatic heterocycles. The molecule has 2 unspecified atom stereocenters. The molecule has 106 valence electrons. The van der Waals surface area contributed by atoms with Crippen LogP contribution in [0.4, 0.5) is 0 Å². The Morgan fingerprint density at radius 2 is 2.05 bits per heavy atom. The summed E-state index contributed by atoms with van der Waals surface area (Å²) in [6.07, 6.45) is 3.79. The molecule has 1 aromatic rings. The number of aliphatic hydroxyl groups excluding tert-OH is 2. The summed E-state index contributed by atoms with van der Waals surface area (Å²) >= 11 is 0. The van der Waals surface area contributed by atoms with Crippen LogP contribution in [0.2, 0.25) is 0 Å².